The van der Waals surface area contributed by atoms with Gasteiger partial charge in [-0.1, -0.05) is 18.2 Å². The van der Waals surface area contributed by atoms with E-state index in [-0.39, 0.29) is 29.8 Å². The average molecular weight is 311 g/mol. The summed E-state index contributed by atoms with van der Waals surface area (Å²) < 4.78 is 26.2. The average Bonchev–Trinajstić information content (AvgIpc) is 3.30. The van der Waals surface area contributed by atoms with Crippen LogP contribution in [0.25, 0.3) is 0 Å². The Balaban J connectivity index is 1.69. The van der Waals surface area contributed by atoms with E-state index in [0.717, 1.165) is 12.8 Å². The lowest BCUT2D eigenvalue weighted by molar-refractivity contribution is -0.121. The van der Waals surface area contributed by atoms with Gasteiger partial charge < -0.3 is 11.1 Å². The van der Waals surface area contributed by atoms with Crippen molar-refractivity contribution in [3.8, 4) is 0 Å². The zero-order valence-corrected chi connectivity index (χ0v) is 12.6. The second-order valence-electron chi connectivity index (χ2n) is 5.27. The molecule has 4 N–H and O–H groups in total. The minimum Gasteiger partial charge on any atom is -0.354 e. The summed E-state index contributed by atoms with van der Waals surface area (Å²) in [5.74, 6) is 0.337. The Kier molecular flexibility index (Phi) is 5.33. The third kappa shape index (κ3) is 5.11. The maximum atomic E-state index is 11.9. The normalized spacial score (nSPS) is 16.4. The molecule has 0 heterocycles. The molecular formula is C14H21N3O3S. The van der Waals surface area contributed by atoms with Crippen LogP contribution < -0.4 is 15.8 Å². The molecular weight excluding hydrogens is 290 g/mol. The summed E-state index contributed by atoms with van der Waals surface area (Å²) in [7, 11) is -3.55. The molecule has 0 radical (unpaired) electrons. The van der Waals surface area contributed by atoms with Gasteiger partial charge >= 0.3 is 0 Å². The molecule has 1 aliphatic rings. The first-order valence-corrected chi connectivity index (χ1v) is 8.54. The summed E-state index contributed by atoms with van der Waals surface area (Å²) in [5.41, 5.74) is 5.87. The highest BCUT2D eigenvalue weighted by atomic mass is 32.2. The Morgan fingerprint density at radius 3 is 2.57 bits per heavy atom. The number of hydrogen-bond acceptors (Lipinski definition) is 4. The first kappa shape index (κ1) is 15.9. The van der Waals surface area contributed by atoms with Gasteiger partial charge in [0.25, 0.3) is 0 Å². The second kappa shape index (κ2) is 7.02. The molecule has 21 heavy (non-hydrogen) atoms. The fraction of sp³-hybridized carbons (Fsp3) is 0.500. The van der Waals surface area contributed by atoms with Crippen LogP contribution in [0.2, 0.25) is 0 Å². The molecule has 1 amide bonds. The van der Waals surface area contributed by atoms with Crippen LogP contribution in [-0.2, 0) is 14.8 Å². The minimum atomic E-state index is -3.55. The third-order valence-corrected chi connectivity index (χ3v) is 4.94. The fourth-order valence-electron chi connectivity index (χ4n) is 1.99. The Hall–Kier alpha value is -1.44. The molecule has 116 valence electrons. The van der Waals surface area contributed by atoms with Crippen LogP contribution in [0.15, 0.2) is 35.2 Å². The van der Waals surface area contributed by atoms with Crippen LogP contribution in [0, 0.1) is 5.92 Å². The Bertz CT molecular complexity index is 570. The van der Waals surface area contributed by atoms with Gasteiger partial charge in [0.2, 0.25) is 15.9 Å². The zero-order valence-electron chi connectivity index (χ0n) is 11.8. The van der Waals surface area contributed by atoms with Gasteiger partial charge in [-0.05, 0) is 30.9 Å². The molecule has 0 aliphatic heterocycles. The van der Waals surface area contributed by atoms with Crippen molar-refractivity contribution < 1.29 is 13.2 Å². The minimum absolute atomic E-state index is 0.00922. The lowest BCUT2D eigenvalue weighted by atomic mass is 10.2. The number of nitrogens with two attached hydrogens (primary N) is 1. The van der Waals surface area contributed by atoms with Crippen LogP contribution in [0.3, 0.4) is 0 Å². The summed E-state index contributed by atoms with van der Waals surface area (Å²) >= 11 is 0. The van der Waals surface area contributed by atoms with Gasteiger partial charge in [-0.3, -0.25) is 4.79 Å². The van der Waals surface area contributed by atoms with Crippen molar-refractivity contribution >= 4 is 15.9 Å². The summed E-state index contributed by atoms with van der Waals surface area (Å²) in [6.07, 6.45) is 2.37. The highest BCUT2D eigenvalue weighted by molar-refractivity contribution is 7.89. The van der Waals surface area contributed by atoms with Crippen molar-refractivity contribution in [2.45, 2.75) is 30.2 Å². The van der Waals surface area contributed by atoms with Crippen LogP contribution in [0.1, 0.15) is 19.3 Å². The molecule has 1 saturated carbocycles. The van der Waals surface area contributed by atoms with E-state index in [1.165, 1.54) is 12.1 Å². The van der Waals surface area contributed by atoms with Crippen molar-refractivity contribution in [1.29, 1.82) is 0 Å². The Morgan fingerprint density at radius 2 is 1.95 bits per heavy atom. The van der Waals surface area contributed by atoms with Gasteiger partial charge in [0, 0.05) is 25.6 Å². The van der Waals surface area contributed by atoms with E-state index in [2.05, 4.69) is 10.0 Å². The number of carbonyl (C=O) groups is 1. The molecule has 1 aromatic carbocycles. The van der Waals surface area contributed by atoms with Gasteiger partial charge in [0.1, 0.15) is 0 Å². The van der Waals surface area contributed by atoms with E-state index in [4.69, 9.17) is 5.73 Å². The van der Waals surface area contributed by atoms with Crippen LogP contribution in [0.5, 0.6) is 0 Å². The summed E-state index contributed by atoms with van der Waals surface area (Å²) in [6, 6.07) is 8.08. The van der Waals surface area contributed by atoms with E-state index in [1.807, 2.05) is 0 Å². The molecule has 0 bridgehead atoms. The molecule has 0 spiro atoms. The standard InChI is InChI=1S/C14H21N3O3S/c15-13(11-6-7-11)10-16-14(18)8-9-17-21(19,20)12-4-2-1-3-5-12/h1-5,11,13,17H,6-10,15H2,(H,16,18). The fourth-order valence-corrected chi connectivity index (χ4v) is 3.05. The van der Waals surface area contributed by atoms with Crippen molar-refractivity contribution in [2.24, 2.45) is 11.7 Å². The van der Waals surface area contributed by atoms with E-state index in [1.54, 1.807) is 18.2 Å². The molecule has 7 heteroatoms. The maximum absolute atomic E-state index is 11.9. The lowest BCUT2D eigenvalue weighted by Gasteiger charge is -2.11. The van der Waals surface area contributed by atoms with Crippen molar-refractivity contribution in [3.63, 3.8) is 0 Å². The number of carbonyl (C=O) groups excluding carboxylic acids is 1. The first-order chi connectivity index (χ1) is 9.99. The molecule has 2 rings (SSSR count). The number of amides is 1. The van der Waals surface area contributed by atoms with Crippen LogP contribution in [0.4, 0.5) is 0 Å². The lowest BCUT2D eigenvalue weighted by Crippen LogP contribution is -2.39. The quantitative estimate of drug-likeness (QED) is 0.638. The van der Waals surface area contributed by atoms with E-state index in [0.29, 0.717) is 12.5 Å². The van der Waals surface area contributed by atoms with Gasteiger partial charge in [-0.2, -0.15) is 0 Å². The first-order valence-electron chi connectivity index (χ1n) is 7.06. The summed E-state index contributed by atoms with van der Waals surface area (Å²) in [5, 5.41) is 2.73. The maximum Gasteiger partial charge on any atom is 0.240 e. The van der Waals surface area contributed by atoms with Gasteiger partial charge in [-0.15, -0.1) is 0 Å². The largest absolute Gasteiger partial charge is 0.354 e. The molecule has 1 unspecified atom stereocenters. The van der Waals surface area contributed by atoms with Crippen LogP contribution >= 0.6 is 0 Å². The number of sulfonamides is 1. The highest BCUT2D eigenvalue weighted by Crippen LogP contribution is 2.31. The van der Waals surface area contributed by atoms with E-state index in [9.17, 15) is 13.2 Å². The van der Waals surface area contributed by atoms with E-state index < -0.39 is 10.0 Å². The number of nitrogens with one attached hydrogen (secondary N) is 2. The van der Waals surface area contributed by atoms with Crippen molar-refractivity contribution in [3.05, 3.63) is 30.3 Å². The predicted octanol–water partition coefficient (Wildman–Crippen LogP) is 0.209. The molecule has 1 aromatic rings. The second-order valence-corrected chi connectivity index (χ2v) is 7.03. The third-order valence-electron chi connectivity index (χ3n) is 3.46. The molecule has 1 aliphatic carbocycles. The van der Waals surface area contributed by atoms with E-state index >= 15 is 0 Å². The van der Waals surface area contributed by atoms with Gasteiger partial charge in [-0.25, -0.2) is 13.1 Å². The number of rotatable bonds is 8. The van der Waals surface area contributed by atoms with Gasteiger partial charge in [0.15, 0.2) is 0 Å². The number of hydrogen-bond donors (Lipinski definition) is 3. The van der Waals surface area contributed by atoms with Crippen molar-refractivity contribution in [2.75, 3.05) is 13.1 Å². The molecule has 0 aromatic heterocycles. The molecule has 1 atom stereocenters. The topological polar surface area (TPSA) is 101 Å². The van der Waals surface area contributed by atoms with Crippen molar-refractivity contribution in [1.82, 2.24) is 10.0 Å². The smallest absolute Gasteiger partial charge is 0.240 e. The zero-order chi connectivity index (χ0) is 15.3. The SMILES string of the molecule is NC(CNC(=O)CCNS(=O)(=O)c1ccccc1)C1CC1. The van der Waals surface area contributed by atoms with Crippen LogP contribution in [-0.4, -0.2) is 33.5 Å². The molecule has 1 fully saturated rings. The molecule has 0 saturated heterocycles. The monoisotopic (exact) mass is 311 g/mol. The number of benzene rings is 1. The summed E-state index contributed by atoms with van der Waals surface area (Å²) in [4.78, 5) is 11.8. The Labute approximate surface area is 125 Å². The Morgan fingerprint density at radius 1 is 1.29 bits per heavy atom. The summed E-state index contributed by atoms with van der Waals surface area (Å²) in [6.45, 7) is 0.524. The van der Waals surface area contributed by atoms with Gasteiger partial charge in [0.05, 0.1) is 4.90 Å². The highest BCUT2D eigenvalue weighted by Gasteiger charge is 2.28. The predicted molar refractivity (Wildman–Crippen MR) is 80.0 cm³/mol. The molecule has 6 nitrogen and oxygen atoms in total.